The van der Waals surface area contributed by atoms with Crippen LogP contribution in [-0.4, -0.2) is 0 Å². The summed E-state index contributed by atoms with van der Waals surface area (Å²) in [6.45, 7) is 6.99. The number of hydrogen-bond donors (Lipinski definition) is 0. The fourth-order valence-corrected chi connectivity index (χ4v) is 3.80. The van der Waals surface area contributed by atoms with Crippen LogP contribution < -0.4 is 0 Å². The Labute approximate surface area is 179 Å². The zero-order valence-corrected chi connectivity index (χ0v) is 20.0. The molecule has 0 spiro atoms. The standard InChI is InChI=1S/C28H54/c1-4-6-8-10-12-14-16-17-19-21-23-25-27-28(3)26-24-22-20-18-15-13-11-9-7-5-2/h21-24,28H,4-20,25-27H2,1-3H3. The predicted octanol–water partition coefficient (Wildman–Crippen LogP) is 10.6. The van der Waals surface area contributed by atoms with E-state index in [2.05, 4.69) is 45.1 Å². The van der Waals surface area contributed by atoms with Crippen molar-refractivity contribution in [2.24, 2.45) is 5.92 Å². The predicted molar refractivity (Wildman–Crippen MR) is 131 cm³/mol. The van der Waals surface area contributed by atoms with E-state index in [4.69, 9.17) is 0 Å². The van der Waals surface area contributed by atoms with E-state index < -0.39 is 0 Å². The molecular weight excluding hydrogens is 336 g/mol. The van der Waals surface area contributed by atoms with Crippen LogP contribution in [-0.2, 0) is 0 Å². The summed E-state index contributed by atoms with van der Waals surface area (Å²) in [5, 5.41) is 0. The lowest BCUT2D eigenvalue weighted by Crippen LogP contribution is -1.91. The van der Waals surface area contributed by atoms with Crippen molar-refractivity contribution in [3.8, 4) is 0 Å². The van der Waals surface area contributed by atoms with Gasteiger partial charge >= 0.3 is 0 Å². The fraction of sp³-hybridized carbons (Fsp3) is 0.857. The van der Waals surface area contributed by atoms with Crippen LogP contribution in [0.2, 0.25) is 0 Å². The Balaban J connectivity index is 3.31. The van der Waals surface area contributed by atoms with Gasteiger partial charge in [0.05, 0.1) is 0 Å². The monoisotopic (exact) mass is 390 g/mol. The van der Waals surface area contributed by atoms with Gasteiger partial charge in [0.2, 0.25) is 0 Å². The Morgan fingerprint density at radius 1 is 0.464 bits per heavy atom. The van der Waals surface area contributed by atoms with Gasteiger partial charge in [-0.25, -0.2) is 0 Å². The van der Waals surface area contributed by atoms with Gasteiger partial charge in [0.1, 0.15) is 0 Å². The molecule has 0 aliphatic heterocycles. The smallest absolute Gasteiger partial charge is 0.0325 e. The highest BCUT2D eigenvalue weighted by Crippen LogP contribution is 2.14. The molecule has 0 bridgehead atoms. The van der Waals surface area contributed by atoms with Gasteiger partial charge in [-0.05, 0) is 50.9 Å². The van der Waals surface area contributed by atoms with Crippen LogP contribution in [0.3, 0.4) is 0 Å². The maximum atomic E-state index is 2.44. The molecule has 0 nitrogen and oxygen atoms in total. The molecule has 0 aliphatic carbocycles. The lowest BCUT2D eigenvalue weighted by molar-refractivity contribution is 0.544. The first-order valence-corrected chi connectivity index (χ1v) is 13.1. The Kier molecular flexibility index (Phi) is 24.1. The number of allylic oxidation sites excluding steroid dienone is 4. The molecular formula is C28H54. The molecule has 0 saturated carbocycles. The van der Waals surface area contributed by atoms with Gasteiger partial charge in [0, 0.05) is 0 Å². The molecule has 0 rings (SSSR count). The summed E-state index contributed by atoms with van der Waals surface area (Å²) in [6.07, 6.45) is 37.5. The first-order valence-electron chi connectivity index (χ1n) is 13.1. The summed E-state index contributed by atoms with van der Waals surface area (Å²) in [7, 11) is 0. The van der Waals surface area contributed by atoms with Gasteiger partial charge in [-0.3, -0.25) is 0 Å². The molecule has 0 heteroatoms. The van der Waals surface area contributed by atoms with E-state index in [1.54, 1.807) is 0 Å². The number of hydrogen-bond acceptors (Lipinski definition) is 0. The van der Waals surface area contributed by atoms with Crippen molar-refractivity contribution in [1.29, 1.82) is 0 Å². The van der Waals surface area contributed by atoms with Crippen LogP contribution in [0.4, 0.5) is 0 Å². The molecule has 1 unspecified atom stereocenters. The molecule has 0 aromatic heterocycles. The summed E-state index contributed by atoms with van der Waals surface area (Å²) < 4.78 is 0. The van der Waals surface area contributed by atoms with Crippen LogP contribution >= 0.6 is 0 Å². The molecule has 0 saturated heterocycles. The molecule has 0 aromatic carbocycles. The van der Waals surface area contributed by atoms with E-state index in [-0.39, 0.29) is 0 Å². The van der Waals surface area contributed by atoms with Crippen molar-refractivity contribution in [1.82, 2.24) is 0 Å². The molecule has 0 aliphatic rings. The van der Waals surface area contributed by atoms with Gasteiger partial charge in [-0.15, -0.1) is 0 Å². The third-order valence-electron chi connectivity index (χ3n) is 5.90. The summed E-state index contributed by atoms with van der Waals surface area (Å²) in [5.41, 5.74) is 0. The van der Waals surface area contributed by atoms with E-state index >= 15 is 0 Å². The quantitative estimate of drug-likeness (QED) is 0.127. The lowest BCUT2D eigenvalue weighted by atomic mass is 10.0. The minimum Gasteiger partial charge on any atom is -0.0885 e. The normalized spacial score (nSPS) is 13.1. The summed E-state index contributed by atoms with van der Waals surface area (Å²) in [4.78, 5) is 0. The summed E-state index contributed by atoms with van der Waals surface area (Å²) in [6, 6.07) is 0. The van der Waals surface area contributed by atoms with Gasteiger partial charge < -0.3 is 0 Å². The first kappa shape index (κ1) is 27.5. The fourth-order valence-electron chi connectivity index (χ4n) is 3.80. The van der Waals surface area contributed by atoms with E-state index in [9.17, 15) is 0 Å². The molecule has 0 N–H and O–H groups in total. The van der Waals surface area contributed by atoms with Crippen molar-refractivity contribution < 1.29 is 0 Å². The van der Waals surface area contributed by atoms with E-state index in [1.807, 2.05) is 0 Å². The number of rotatable bonds is 22. The topological polar surface area (TPSA) is 0 Å². The first-order chi connectivity index (χ1) is 13.8. The van der Waals surface area contributed by atoms with E-state index in [0.717, 1.165) is 5.92 Å². The van der Waals surface area contributed by atoms with Crippen molar-refractivity contribution in [3.63, 3.8) is 0 Å². The highest BCUT2D eigenvalue weighted by atomic mass is 14.0. The van der Waals surface area contributed by atoms with E-state index in [1.165, 1.54) is 128 Å². The van der Waals surface area contributed by atoms with Crippen molar-refractivity contribution >= 4 is 0 Å². The minimum atomic E-state index is 0.832. The zero-order valence-electron chi connectivity index (χ0n) is 20.0. The zero-order chi connectivity index (χ0) is 20.5. The van der Waals surface area contributed by atoms with Crippen LogP contribution in [0.15, 0.2) is 24.3 Å². The molecule has 0 radical (unpaired) electrons. The van der Waals surface area contributed by atoms with Crippen LogP contribution in [0.25, 0.3) is 0 Å². The average Bonchev–Trinajstić information content (AvgIpc) is 2.70. The molecule has 0 heterocycles. The van der Waals surface area contributed by atoms with Crippen molar-refractivity contribution in [3.05, 3.63) is 24.3 Å². The molecule has 0 fully saturated rings. The van der Waals surface area contributed by atoms with Crippen LogP contribution in [0.1, 0.15) is 149 Å². The van der Waals surface area contributed by atoms with Gasteiger partial charge in [-0.1, -0.05) is 129 Å². The maximum absolute atomic E-state index is 2.44. The van der Waals surface area contributed by atoms with E-state index in [0.29, 0.717) is 0 Å². The third kappa shape index (κ3) is 23.5. The van der Waals surface area contributed by atoms with Gasteiger partial charge in [0.15, 0.2) is 0 Å². The summed E-state index contributed by atoms with van der Waals surface area (Å²) in [5.74, 6) is 0.832. The Morgan fingerprint density at radius 3 is 1.36 bits per heavy atom. The highest BCUT2D eigenvalue weighted by Gasteiger charge is 1.97. The average molecular weight is 391 g/mol. The minimum absolute atomic E-state index is 0.832. The third-order valence-corrected chi connectivity index (χ3v) is 5.90. The van der Waals surface area contributed by atoms with Crippen molar-refractivity contribution in [2.75, 3.05) is 0 Å². The Morgan fingerprint density at radius 2 is 0.857 bits per heavy atom. The molecule has 0 amide bonds. The second-order valence-corrected chi connectivity index (χ2v) is 9.03. The van der Waals surface area contributed by atoms with Gasteiger partial charge in [0.25, 0.3) is 0 Å². The molecule has 0 aromatic rings. The largest absolute Gasteiger partial charge is 0.0885 e. The van der Waals surface area contributed by atoms with Crippen molar-refractivity contribution in [2.45, 2.75) is 149 Å². The second kappa shape index (κ2) is 24.5. The molecule has 166 valence electrons. The second-order valence-electron chi connectivity index (χ2n) is 9.03. The van der Waals surface area contributed by atoms with Crippen LogP contribution in [0, 0.1) is 5.92 Å². The SMILES string of the molecule is CCCCCCCCCC=CCC(C)CCC=CCCCCCCCCCC. The molecule has 1 atom stereocenters. The Bertz CT molecular complexity index is 325. The highest BCUT2D eigenvalue weighted by molar-refractivity contribution is 4.85. The Hall–Kier alpha value is -0.520. The van der Waals surface area contributed by atoms with Crippen LogP contribution in [0.5, 0.6) is 0 Å². The lowest BCUT2D eigenvalue weighted by Gasteiger charge is -2.06. The summed E-state index contributed by atoms with van der Waals surface area (Å²) >= 11 is 0. The maximum Gasteiger partial charge on any atom is -0.0325 e. The number of unbranched alkanes of at least 4 members (excludes halogenated alkanes) is 15. The molecule has 28 heavy (non-hydrogen) atoms. The van der Waals surface area contributed by atoms with Gasteiger partial charge in [-0.2, -0.15) is 0 Å².